The van der Waals surface area contributed by atoms with Crippen LogP contribution < -0.4 is 5.32 Å². The van der Waals surface area contributed by atoms with Gasteiger partial charge in [-0.15, -0.1) is 11.3 Å². The molecule has 0 unspecified atom stereocenters. The van der Waals surface area contributed by atoms with Crippen LogP contribution in [0.2, 0.25) is 0 Å². The van der Waals surface area contributed by atoms with E-state index >= 15 is 0 Å². The first kappa shape index (κ1) is 18.7. The van der Waals surface area contributed by atoms with Crippen LogP contribution in [0.15, 0.2) is 48.5 Å². The largest absolute Gasteiger partial charge is 0.451 e. The van der Waals surface area contributed by atoms with Gasteiger partial charge in [-0.2, -0.15) is 13.2 Å². The van der Waals surface area contributed by atoms with E-state index in [0.29, 0.717) is 16.8 Å². The topological polar surface area (TPSA) is 37.8 Å². The maximum absolute atomic E-state index is 13.1. The molecule has 7 heteroatoms. The van der Waals surface area contributed by atoms with Gasteiger partial charge in [0, 0.05) is 11.4 Å². The van der Waals surface area contributed by atoms with E-state index in [2.05, 4.69) is 39.6 Å². The van der Waals surface area contributed by atoms with Crippen LogP contribution in [0, 0.1) is 6.92 Å². The summed E-state index contributed by atoms with van der Waals surface area (Å²) in [5, 5.41) is 6.13. The number of thiophene rings is 1. The number of aromatic nitrogens is 2. The summed E-state index contributed by atoms with van der Waals surface area (Å²) in [5.41, 5.74) is 1.23. The molecular formula is C21H18F3N3S. The third-order valence-corrected chi connectivity index (χ3v) is 5.51. The van der Waals surface area contributed by atoms with Gasteiger partial charge < -0.3 is 5.32 Å². The van der Waals surface area contributed by atoms with Gasteiger partial charge in [-0.05, 0) is 42.2 Å². The Morgan fingerprint density at radius 1 is 1.00 bits per heavy atom. The Morgan fingerprint density at radius 3 is 2.61 bits per heavy atom. The normalized spacial score (nSPS) is 12.0. The number of benzene rings is 2. The number of hydrogen-bond donors (Lipinski definition) is 1. The van der Waals surface area contributed by atoms with Crippen LogP contribution in [-0.4, -0.2) is 16.5 Å². The molecule has 3 nitrogen and oxygen atoms in total. The number of fused-ring (bicyclic) bond motifs is 2. The second-order valence-electron chi connectivity index (χ2n) is 6.64. The highest BCUT2D eigenvalue weighted by atomic mass is 32.1. The zero-order chi connectivity index (χ0) is 19.7. The second-order valence-corrected chi connectivity index (χ2v) is 7.87. The van der Waals surface area contributed by atoms with Crippen molar-refractivity contribution in [1.82, 2.24) is 9.97 Å². The second kappa shape index (κ2) is 7.39. The first-order valence-corrected chi connectivity index (χ1v) is 9.79. The van der Waals surface area contributed by atoms with Crippen LogP contribution >= 0.6 is 11.3 Å². The van der Waals surface area contributed by atoms with Crippen LogP contribution in [0.3, 0.4) is 0 Å². The molecule has 2 aromatic heterocycles. The number of anilines is 1. The highest BCUT2D eigenvalue weighted by Gasteiger charge is 2.35. The Morgan fingerprint density at radius 2 is 1.79 bits per heavy atom. The summed E-state index contributed by atoms with van der Waals surface area (Å²) >= 11 is 1.24. The Labute approximate surface area is 164 Å². The Kier molecular flexibility index (Phi) is 4.93. The van der Waals surface area contributed by atoms with Gasteiger partial charge in [0.05, 0.1) is 5.39 Å². The van der Waals surface area contributed by atoms with Gasteiger partial charge in [0.15, 0.2) is 0 Å². The minimum absolute atomic E-state index is 0.250. The predicted molar refractivity (Wildman–Crippen MR) is 108 cm³/mol. The van der Waals surface area contributed by atoms with Crippen LogP contribution in [0.5, 0.6) is 0 Å². The zero-order valence-corrected chi connectivity index (χ0v) is 16.0. The highest BCUT2D eigenvalue weighted by molar-refractivity contribution is 7.18. The number of aryl methyl sites for hydroxylation is 2. The van der Waals surface area contributed by atoms with E-state index in [1.165, 1.54) is 27.7 Å². The molecule has 0 saturated carbocycles. The summed E-state index contributed by atoms with van der Waals surface area (Å²) in [6.45, 7) is 2.38. The molecule has 0 aliphatic carbocycles. The average Bonchev–Trinajstić information content (AvgIpc) is 3.04. The molecule has 0 amide bonds. The van der Waals surface area contributed by atoms with E-state index in [1.54, 1.807) is 0 Å². The lowest BCUT2D eigenvalue weighted by atomic mass is 10.0. The van der Waals surface area contributed by atoms with E-state index in [1.807, 2.05) is 31.2 Å². The van der Waals surface area contributed by atoms with Gasteiger partial charge in [0.2, 0.25) is 5.82 Å². The molecule has 2 heterocycles. The molecule has 4 rings (SSSR count). The first-order chi connectivity index (χ1) is 13.4. The molecular weight excluding hydrogens is 383 g/mol. The molecule has 0 spiro atoms. The molecule has 0 radical (unpaired) electrons. The van der Waals surface area contributed by atoms with Crippen molar-refractivity contribution in [1.29, 1.82) is 0 Å². The lowest BCUT2D eigenvalue weighted by Crippen LogP contribution is -2.13. The Bertz CT molecular complexity index is 1130. The number of hydrogen-bond acceptors (Lipinski definition) is 4. The third-order valence-electron chi connectivity index (χ3n) is 4.56. The van der Waals surface area contributed by atoms with E-state index in [0.717, 1.165) is 17.7 Å². The Hall–Kier alpha value is -2.67. The minimum atomic E-state index is -4.56. The summed E-state index contributed by atoms with van der Waals surface area (Å²) in [5.74, 6) is -0.849. The van der Waals surface area contributed by atoms with E-state index in [-0.39, 0.29) is 5.82 Å². The van der Waals surface area contributed by atoms with E-state index < -0.39 is 12.0 Å². The molecule has 28 heavy (non-hydrogen) atoms. The van der Waals surface area contributed by atoms with Crippen molar-refractivity contribution in [3.8, 4) is 0 Å². The minimum Gasteiger partial charge on any atom is -0.369 e. The van der Waals surface area contributed by atoms with Crippen LogP contribution in [0.4, 0.5) is 19.0 Å². The molecule has 0 bridgehead atoms. The zero-order valence-electron chi connectivity index (χ0n) is 15.2. The standard InChI is InChI=1S/C21H18F3N3S/c1-13-12-17-18(26-20(21(22,23)24)27-19(17)28-13)25-11-5-9-15-8-4-7-14-6-2-3-10-16(14)15/h2-4,6-8,10,12H,5,9,11H2,1H3,(H,25,26,27). The van der Waals surface area contributed by atoms with Crippen LogP contribution in [0.25, 0.3) is 21.0 Å². The molecule has 0 fully saturated rings. The van der Waals surface area contributed by atoms with Crippen molar-refractivity contribution in [2.45, 2.75) is 25.9 Å². The van der Waals surface area contributed by atoms with Crippen LogP contribution in [-0.2, 0) is 12.6 Å². The number of nitrogens with zero attached hydrogens (tertiary/aromatic N) is 2. The van der Waals surface area contributed by atoms with E-state index in [9.17, 15) is 13.2 Å². The monoisotopic (exact) mass is 401 g/mol. The summed E-state index contributed by atoms with van der Waals surface area (Å²) < 4.78 is 39.3. The molecule has 2 aromatic carbocycles. The molecule has 4 aromatic rings. The number of nitrogens with one attached hydrogen (secondary N) is 1. The molecule has 0 atom stereocenters. The number of alkyl halides is 3. The summed E-state index contributed by atoms with van der Waals surface area (Å²) in [6, 6.07) is 16.2. The van der Waals surface area contributed by atoms with E-state index in [4.69, 9.17) is 0 Å². The Balaban J connectivity index is 1.51. The quantitative estimate of drug-likeness (QED) is 0.404. The van der Waals surface area contributed by atoms with Crippen molar-refractivity contribution < 1.29 is 13.2 Å². The van der Waals surface area contributed by atoms with Crippen molar-refractivity contribution >= 4 is 38.1 Å². The first-order valence-electron chi connectivity index (χ1n) is 8.98. The summed E-state index contributed by atoms with van der Waals surface area (Å²) in [6.07, 6.45) is -2.95. The molecule has 0 aliphatic heterocycles. The van der Waals surface area contributed by atoms with Gasteiger partial charge in [0.25, 0.3) is 0 Å². The maximum Gasteiger partial charge on any atom is 0.451 e. The van der Waals surface area contributed by atoms with Gasteiger partial charge in [-0.25, -0.2) is 9.97 Å². The number of rotatable bonds is 5. The molecule has 1 N–H and O–H groups in total. The van der Waals surface area contributed by atoms with Crippen LogP contribution in [0.1, 0.15) is 22.7 Å². The highest BCUT2D eigenvalue weighted by Crippen LogP contribution is 2.33. The molecule has 144 valence electrons. The lowest BCUT2D eigenvalue weighted by Gasteiger charge is -2.11. The molecule has 0 saturated heterocycles. The maximum atomic E-state index is 13.1. The fraction of sp³-hybridized carbons (Fsp3) is 0.238. The van der Waals surface area contributed by atoms with Crippen molar-refractivity contribution in [3.63, 3.8) is 0 Å². The van der Waals surface area contributed by atoms with Crippen molar-refractivity contribution in [2.75, 3.05) is 11.9 Å². The number of halogens is 3. The fourth-order valence-corrected chi connectivity index (χ4v) is 4.18. The third kappa shape index (κ3) is 3.80. The van der Waals surface area contributed by atoms with Crippen molar-refractivity contribution in [2.24, 2.45) is 0 Å². The van der Waals surface area contributed by atoms with Crippen molar-refractivity contribution in [3.05, 3.63) is 64.8 Å². The SMILES string of the molecule is Cc1cc2c(NCCCc3cccc4ccccc34)nc(C(F)(F)F)nc2s1. The fourth-order valence-electron chi connectivity index (χ4n) is 3.30. The smallest absolute Gasteiger partial charge is 0.369 e. The lowest BCUT2D eigenvalue weighted by molar-refractivity contribution is -0.144. The van der Waals surface area contributed by atoms with Gasteiger partial charge in [-0.1, -0.05) is 42.5 Å². The summed E-state index contributed by atoms with van der Waals surface area (Å²) in [7, 11) is 0. The van der Waals surface area contributed by atoms with Gasteiger partial charge in [0.1, 0.15) is 10.6 Å². The van der Waals surface area contributed by atoms with Gasteiger partial charge in [-0.3, -0.25) is 0 Å². The average molecular weight is 401 g/mol. The summed E-state index contributed by atoms with van der Waals surface area (Å²) in [4.78, 5) is 8.68. The van der Waals surface area contributed by atoms with Gasteiger partial charge >= 0.3 is 6.18 Å². The molecule has 0 aliphatic rings. The predicted octanol–water partition coefficient (Wildman–Crippen LogP) is 6.22.